The molecule has 0 radical (unpaired) electrons. The predicted octanol–water partition coefficient (Wildman–Crippen LogP) is 1.69. The zero-order valence-electron chi connectivity index (χ0n) is 11.2. The largest absolute Gasteiger partial charge is 0.316 e. The topological polar surface area (TPSA) is 69.8 Å². The highest BCUT2D eigenvalue weighted by atomic mass is 16.2. The van der Waals surface area contributed by atoms with Gasteiger partial charge >= 0.3 is 0 Å². The second kappa shape index (κ2) is 5.52. The van der Waals surface area contributed by atoms with Crippen molar-refractivity contribution in [2.24, 2.45) is 5.41 Å². The summed E-state index contributed by atoms with van der Waals surface area (Å²) < 4.78 is 0. The summed E-state index contributed by atoms with van der Waals surface area (Å²) >= 11 is 0. The second-order valence-electron chi connectivity index (χ2n) is 5.04. The van der Waals surface area contributed by atoms with Crippen molar-refractivity contribution in [3.63, 3.8) is 0 Å². The normalized spacial score (nSPS) is 23.2. The summed E-state index contributed by atoms with van der Waals surface area (Å²) in [5.74, 6) is 0.739. The van der Waals surface area contributed by atoms with E-state index in [-0.39, 0.29) is 11.3 Å². The summed E-state index contributed by atoms with van der Waals surface area (Å²) in [5, 5.41) is 13.3. The molecule has 0 spiro atoms. The monoisotopic (exact) mass is 250 g/mol. The Kier molecular flexibility index (Phi) is 4.01. The molecular weight excluding hydrogens is 228 g/mol. The number of nitrogens with zero attached hydrogens (tertiary/aromatic N) is 1. The number of aryl methyl sites for hydroxylation is 1. The Morgan fingerprint density at radius 1 is 1.56 bits per heavy atom. The highest BCUT2D eigenvalue weighted by Crippen LogP contribution is 2.32. The molecule has 5 heteroatoms. The zero-order valence-corrected chi connectivity index (χ0v) is 11.2. The fourth-order valence-electron chi connectivity index (χ4n) is 2.60. The van der Waals surface area contributed by atoms with Crippen molar-refractivity contribution in [1.82, 2.24) is 15.5 Å². The van der Waals surface area contributed by atoms with Gasteiger partial charge in [-0.3, -0.25) is 9.89 Å². The first-order valence-corrected chi connectivity index (χ1v) is 6.76. The van der Waals surface area contributed by atoms with E-state index in [0.717, 1.165) is 44.5 Å². The Morgan fingerprint density at radius 3 is 2.94 bits per heavy atom. The molecule has 1 aromatic heterocycles. The van der Waals surface area contributed by atoms with Gasteiger partial charge in [0.1, 0.15) is 0 Å². The average Bonchev–Trinajstić information content (AvgIpc) is 2.99. The lowest BCUT2D eigenvalue weighted by atomic mass is 9.81. The molecule has 1 fully saturated rings. The van der Waals surface area contributed by atoms with Crippen LogP contribution in [0.25, 0.3) is 0 Å². The molecule has 1 unspecified atom stereocenters. The highest BCUT2D eigenvalue weighted by molar-refractivity contribution is 5.95. The number of amides is 1. The van der Waals surface area contributed by atoms with Crippen LogP contribution >= 0.6 is 0 Å². The van der Waals surface area contributed by atoms with E-state index >= 15 is 0 Å². The minimum Gasteiger partial charge on any atom is -0.316 e. The molecule has 1 saturated heterocycles. The Hall–Kier alpha value is -1.36. The molecule has 2 heterocycles. The van der Waals surface area contributed by atoms with Crippen LogP contribution in [0.3, 0.4) is 0 Å². The summed E-state index contributed by atoms with van der Waals surface area (Å²) in [6.07, 6.45) is 3.76. The van der Waals surface area contributed by atoms with Gasteiger partial charge in [0.2, 0.25) is 5.91 Å². The molecule has 1 atom stereocenters. The molecule has 0 bridgehead atoms. The van der Waals surface area contributed by atoms with Gasteiger partial charge in [0.05, 0.1) is 5.41 Å². The molecule has 0 aromatic carbocycles. The number of anilines is 1. The van der Waals surface area contributed by atoms with E-state index in [1.165, 1.54) is 0 Å². The summed E-state index contributed by atoms with van der Waals surface area (Å²) in [4.78, 5) is 12.4. The van der Waals surface area contributed by atoms with Crippen LogP contribution in [-0.4, -0.2) is 29.2 Å². The fourth-order valence-corrected chi connectivity index (χ4v) is 2.60. The number of carbonyl (C=O) groups excluding carboxylic acids is 1. The molecule has 1 aliphatic heterocycles. The number of rotatable bonds is 5. The van der Waals surface area contributed by atoms with Crippen molar-refractivity contribution in [2.45, 2.75) is 39.5 Å². The van der Waals surface area contributed by atoms with Crippen molar-refractivity contribution in [3.05, 3.63) is 11.8 Å². The summed E-state index contributed by atoms with van der Waals surface area (Å²) in [6, 6.07) is 1.90. The minimum absolute atomic E-state index is 0.100. The number of hydrogen-bond acceptors (Lipinski definition) is 3. The maximum atomic E-state index is 12.4. The average molecular weight is 250 g/mol. The van der Waals surface area contributed by atoms with Crippen LogP contribution in [0.2, 0.25) is 0 Å². The SMILES string of the molecule is CCCC1(C(=O)Nc2cc(CC)[nH]n2)CCNC1. The standard InChI is InChI=1S/C13H22N4O/c1-3-5-13(6-7-14-9-13)12(18)15-11-8-10(4-2)16-17-11/h8,14H,3-7,9H2,1-2H3,(H2,15,16,17,18). The first-order chi connectivity index (χ1) is 8.70. The molecule has 3 N–H and O–H groups in total. The predicted molar refractivity (Wildman–Crippen MR) is 71.4 cm³/mol. The van der Waals surface area contributed by atoms with Gasteiger partial charge in [0.25, 0.3) is 0 Å². The van der Waals surface area contributed by atoms with E-state index in [9.17, 15) is 4.79 Å². The molecule has 18 heavy (non-hydrogen) atoms. The van der Waals surface area contributed by atoms with Gasteiger partial charge in [-0.2, -0.15) is 5.10 Å². The van der Waals surface area contributed by atoms with Crippen LogP contribution < -0.4 is 10.6 Å². The quantitative estimate of drug-likeness (QED) is 0.745. The Morgan fingerprint density at radius 2 is 2.39 bits per heavy atom. The number of carbonyl (C=O) groups is 1. The number of aromatic nitrogens is 2. The maximum absolute atomic E-state index is 12.4. The summed E-state index contributed by atoms with van der Waals surface area (Å²) in [7, 11) is 0. The zero-order chi connectivity index (χ0) is 13.0. The third-order valence-electron chi connectivity index (χ3n) is 3.71. The Balaban J connectivity index is 2.05. The number of hydrogen-bond donors (Lipinski definition) is 3. The van der Waals surface area contributed by atoms with Gasteiger partial charge in [0.15, 0.2) is 5.82 Å². The van der Waals surface area contributed by atoms with E-state index in [1.807, 2.05) is 6.07 Å². The van der Waals surface area contributed by atoms with Crippen LogP contribution in [0.5, 0.6) is 0 Å². The van der Waals surface area contributed by atoms with Crippen LogP contribution in [0.15, 0.2) is 6.07 Å². The first kappa shape index (κ1) is 13.1. The van der Waals surface area contributed by atoms with Crippen molar-refractivity contribution in [2.75, 3.05) is 18.4 Å². The van der Waals surface area contributed by atoms with E-state index in [2.05, 4.69) is 34.7 Å². The van der Waals surface area contributed by atoms with Crippen LogP contribution in [0.4, 0.5) is 5.82 Å². The Bertz CT molecular complexity index is 407. The van der Waals surface area contributed by atoms with Gasteiger partial charge in [-0.15, -0.1) is 0 Å². The minimum atomic E-state index is -0.250. The van der Waals surface area contributed by atoms with E-state index in [1.54, 1.807) is 0 Å². The molecule has 1 aliphatic rings. The summed E-state index contributed by atoms with van der Waals surface area (Å²) in [6.45, 7) is 5.88. The molecule has 0 aliphatic carbocycles. The van der Waals surface area contributed by atoms with E-state index in [4.69, 9.17) is 0 Å². The van der Waals surface area contributed by atoms with Gasteiger partial charge in [0, 0.05) is 18.3 Å². The van der Waals surface area contributed by atoms with Crippen molar-refractivity contribution < 1.29 is 4.79 Å². The molecule has 0 saturated carbocycles. The molecular formula is C13H22N4O. The molecule has 1 aromatic rings. The fraction of sp³-hybridized carbons (Fsp3) is 0.692. The van der Waals surface area contributed by atoms with Crippen molar-refractivity contribution in [1.29, 1.82) is 0 Å². The smallest absolute Gasteiger partial charge is 0.233 e. The van der Waals surface area contributed by atoms with Crippen LogP contribution in [-0.2, 0) is 11.2 Å². The molecule has 2 rings (SSSR count). The van der Waals surface area contributed by atoms with Gasteiger partial charge in [-0.05, 0) is 25.8 Å². The maximum Gasteiger partial charge on any atom is 0.233 e. The van der Waals surface area contributed by atoms with E-state index < -0.39 is 0 Å². The lowest BCUT2D eigenvalue weighted by molar-refractivity contribution is -0.125. The summed E-state index contributed by atoms with van der Waals surface area (Å²) in [5.41, 5.74) is 0.791. The number of aromatic amines is 1. The number of nitrogens with one attached hydrogen (secondary N) is 3. The van der Waals surface area contributed by atoms with E-state index in [0.29, 0.717) is 5.82 Å². The highest BCUT2D eigenvalue weighted by Gasteiger charge is 2.40. The van der Waals surface area contributed by atoms with Crippen molar-refractivity contribution in [3.8, 4) is 0 Å². The first-order valence-electron chi connectivity index (χ1n) is 6.76. The van der Waals surface area contributed by atoms with Gasteiger partial charge < -0.3 is 10.6 Å². The van der Waals surface area contributed by atoms with Crippen LogP contribution in [0, 0.1) is 5.41 Å². The van der Waals surface area contributed by atoms with Gasteiger partial charge in [-0.25, -0.2) is 0 Å². The third-order valence-corrected chi connectivity index (χ3v) is 3.71. The second-order valence-corrected chi connectivity index (χ2v) is 5.04. The Labute approximate surface area is 108 Å². The van der Waals surface area contributed by atoms with Crippen LogP contribution in [0.1, 0.15) is 38.8 Å². The molecule has 5 nitrogen and oxygen atoms in total. The lowest BCUT2D eigenvalue weighted by Crippen LogP contribution is -2.38. The molecule has 1 amide bonds. The lowest BCUT2D eigenvalue weighted by Gasteiger charge is -2.25. The molecule has 100 valence electrons. The van der Waals surface area contributed by atoms with Crippen molar-refractivity contribution >= 4 is 11.7 Å². The number of H-pyrrole nitrogens is 1. The van der Waals surface area contributed by atoms with Gasteiger partial charge in [-0.1, -0.05) is 20.3 Å². The third kappa shape index (κ3) is 2.56.